The van der Waals surface area contributed by atoms with Crippen molar-refractivity contribution in [3.63, 3.8) is 0 Å². The van der Waals surface area contributed by atoms with Gasteiger partial charge in [-0.3, -0.25) is 23.7 Å². The van der Waals surface area contributed by atoms with E-state index in [0.29, 0.717) is 16.6 Å². The predicted octanol–water partition coefficient (Wildman–Crippen LogP) is -0.0333. The molecule has 0 radical (unpaired) electrons. The fourth-order valence-corrected chi connectivity index (χ4v) is 2.01. The van der Waals surface area contributed by atoms with E-state index in [9.17, 15) is 14.4 Å². The first kappa shape index (κ1) is 14.0. The monoisotopic (exact) mass is 277 g/mol. The van der Waals surface area contributed by atoms with Crippen molar-refractivity contribution in [3.8, 4) is 0 Å². The Kier molecular flexibility index (Phi) is 3.69. The number of aromatic nitrogens is 3. The number of methoxy groups -OCH3 is 1. The van der Waals surface area contributed by atoms with Gasteiger partial charge in [0.2, 0.25) is 0 Å². The fraction of sp³-hybridized carbons (Fsp3) is 0.385. The number of pyridine rings is 1. The molecule has 2 aromatic rings. The lowest BCUT2D eigenvalue weighted by Gasteiger charge is -2.10. The van der Waals surface area contributed by atoms with Crippen LogP contribution < -0.4 is 11.2 Å². The molecule has 0 amide bonds. The number of nitrogens with zero attached hydrogens (tertiary/aromatic N) is 3. The summed E-state index contributed by atoms with van der Waals surface area (Å²) in [4.78, 5) is 39.7. The van der Waals surface area contributed by atoms with Crippen LogP contribution >= 0.6 is 0 Å². The maximum Gasteiger partial charge on any atom is 0.331 e. The van der Waals surface area contributed by atoms with Crippen molar-refractivity contribution in [2.45, 2.75) is 19.9 Å². The third-order valence-electron chi connectivity index (χ3n) is 3.14. The van der Waals surface area contributed by atoms with Gasteiger partial charge in [0.05, 0.1) is 30.6 Å². The number of aryl methyl sites for hydroxylation is 2. The number of fused-ring (bicyclic) bond motifs is 1. The maximum absolute atomic E-state index is 12.3. The highest BCUT2D eigenvalue weighted by molar-refractivity contribution is 5.77. The fourth-order valence-electron chi connectivity index (χ4n) is 2.01. The molecular formula is C13H15N3O4. The SMILES string of the molecule is COC(=O)CCn1c(=O)c2cc(C)ncc2n(C)c1=O. The minimum absolute atomic E-state index is 0.00447. The van der Waals surface area contributed by atoms with Crippen LogP contribution in [-0.2, 0) is 23.1 Å². The van der Waals surface area contributed by atoms with E-state index in [4.69, 9.17) is 0 Å². The molecule has 0 atom stereocenters. The van der Waals surface area contributed by atoms with Gasteiger partial charge in [0.15, 0.2) is 0 Å². The molecule has 0 unspecified atom stereocenters. The van der Waals surface area contributed by atoms with Crippen molar-refractivity contribution in [1.29, 1.82) is 0 Å². The summed E-state index contributed by atoms with van der Waals surface area (Å²) in [5.41, 5.74) is 0.266. The van der Waals surface area contributed by atoms with Crippen molar-refractivity contribution in [1.82, 2.24) is 14.1 Å². The van der Waals surface area contributed by atoms with E-state index in [1.165, 1.54) is 17.9 Å². The van der Waals surface area contributed by atoms with Crippen molar-refractivity contribution >= 4 is 16.9 Å². The first-order valence-electron chi connectivity index (χ1n) is 6.08. The van der Waals surface area contributed by atoms with Gasteiger partial charge in [0.1, 0.15) is 0 Å². The summed E-state index contributed by atoms with van der Waals surface area (Å²) in [7, 11) is 2.83. The van der Waals surface area contributed by atoms with Crippen molar-refractivity contribution in [2.75, 3.05) is 7.11 Å². The lowest BCUT2D eigenvalue weighted by molar-refractivity contribution is -0.140. The van der Waals surface area contributed by atoms with Gasteiger partial charge in [0.25, 0.3) is 5.56 Å². The quantitative estimate of drug-likeness (QED) is 0.735. The van der Waals surface area contributed by atoms with E-state index in [1.807, 2.05) is 0 Å². The highest BCUT2D eigenvalue weighted by atomic mass is 16.5. The smallest absolute Gasteiger partial charge is 0.331 e. The second-order valence-corrected chi connectivity index (χ2v) is 4.47. The number of carbonyl (C=O) groups excluding carboxylic acids is 1. The van der Waals surface area contributed by atoms with E-state index in [2.05, 4.69) is 9.72 Å². The zero-order valence-corrected chi connectivity index (χ0v) is 11.5. The van der Waals surface area contributed by atoms with Crippen LogP contribution in [0.3, 0.4) is 0 Å². The maximum atomic E-state index is 12.3. The first-order valence-corrected chi connectivity index (χ1v) is 6.08. The van der Waals surface area contributed by atoms with Gasteiger partial charge in [-0.05, 0) is 13.0 Å². The molecule has 0 aliphatic heterocycles. The molecule has 0 N–H and O–H groups in total. The third-order valence-corrected chi connectivity index (χ3v) is 3.14. The number of hydrogen-bond acceptors (Lipinski definition) is 5. The third kappa shape index (κ3) is 2.34. The average molecular weight is 277 g/mol. The minimum atomic E-state index is -0.475. The normalized spacial score (nSPS) is 10.8. The summed E-state index contributed by atoms with van der Waals surface area (Å²) < 4.78 is 6.90. The number of ether oxygens (including phenoxy) is 1. The van der Waals surface area contributed by atoms with Crippen LogP contribution in [-0.4, -0.2) is 27.2 Å². The van der Waals surface area contributed by atoms with Gasteiger partial charge in [0, 0.05) is 19.3 Å². The highest BCUT2D eigenvalue weighted by Crippen LogP contribution is 2.07. The largest absolute Gasteiger partial charge is 0.469 e. The Labute approximate surface area is 114 Å². The molecule has 106 valence electrons. The lowest BCUT2D eigenvalue weighted by Crippen LogP contribution is -2.39. The van der Waals surface area contributed by atoms with Gasteiger partial charge in [-0.25, -0.2) is 4.79 Å². The van der Waals surface area contributed by atoms with E-state index in [1.54, 1.807) is 20.0 Å². The van der Waals surface area contributed by atoms with Crippen LogP contribution in [0.25, 0.3) is 10.9 Å². The number of rotatable bonds is 3. The van der Waals surface area contributed by atoms with Crippen LogP contribution in [0.1, 0.15) is 12.1 Å². The van der Waals surface area contributed by atoms with Gasteiger partial charge in [-0.15, -0.1) is 0 Å². The van der Waals surface area contributed by atoms with E-state index in [0.717, 1.165) is 4.57 Å². The van der Waals surface area contributed by atoms with Gasteiger partial charge >= 0.3 is 11.7 Å². The van der Waals surface area contributed by atoms with Gasteiger partial charge < -0.3 is 4.74 Å². The molecule has 7 nitrogen and oxygen atoms in total. The number of esters is 1. The predicted molar refractivity (Wildman–Crippen MR) is 72.6 cm³/mol. The second kappa shape index (κ2) is 5.28. The van der Waals surface area contributed by atoms with Crippen LogP contribution in [0.2, 0.25) is 0 Å². The summed E-state index contributed by atoms with van der Waals surface area (Å²) in [6.45, 7) is 1.76. The first-order chi connectivity index (χ1) is 9.45. The number of carbonyl (C=O) groups is 1. The Morgan fingerprint density at radius 3 is 2.75 bits per heavy atom. The summed E-state index contributed by atoms with van der Waals surface area (Å²) in [5.74, 6) is -0.468. The van der Waals surface area contributed by atoms with E-state index < -0.39 is 17.2 Å². The molecule has 0 saturated heterocycles. The Morgan fingerprint density at radius 2 is 2.10 bits per heavy atom. The van der Waals surface area contributed by atoms with Crippen molar-refractivity contribution in [3.05, 3.63) is 38.8 Å². The summed E-state index contributed by atoms with van der Waals surface area (Å²) in [6.07, 6.45) is 1.47. The topological polar surface area (TPSA) is 83.2 Å². The number of hydrogen-bond donors (Lipinski definition) is 0. The molecule has 0 fully saturated rings. The van der Waals surface area contributed by atoms with Crippen molar-refractivity contribution in [2.24, 2.45) is 7.05 Å². The Balaban J connectivity index is 2.63. The molecule has 2 heterocycles. The molecule has 2 aromatic heterocycles. The van der Waals surface area contributed by atoms with Crippen LogP contribution in [0.15, 0.2) is 21.9 Å². The van der Waals surface area contributed by atoms with Gasteiger partial charge in [-0.1, -0.05) is 0 Å². The minimum Gasteiger partial charge on any atom is -0.469 e. The Bertz CT molecular complexity index is 789. The molecule has 0 spiro atoms. The zero-order valence-electron chi connectivity index (χ0n) is 11.5. The molecule has 0 aliphatic carbocycles. The molecule has 0 aliphatic rings. The lowest BCUT2D eigenvalue weighted by atomic mass is 10.2. The summed E-state index contributed by atoms with van der Waals surface area (Å²) in [6, 6.07) is 1.63. The molecular weight excluding hydrogens is 262 g/mol. The Morgan fingerprint density at radius 1 is 1.40 bits per heavy atom. The summed E-state index contributed by atoms with van der Waals surface area (Å²) >= 11 is 0. The van der Waals surface area contributed by atoms with Crippen LogP contribution in [0.4, 0.5) is 0 Å². The van der Waals surface area contributed by atoms with E-state index in [-0.39, 0.29) is 13.0 Å². The summed E-state index contributed by atoms with van der Waals surface area (Å²) in [5, 5.41) is 0.407. The molecule has 0 saturated carbocycles. The standard InChI is InChI=1S/C13H15N3O4/c1-8-6-9-10(7-14-8)15(2)13(19)16(12(9)18)5-4-11(17)20-3/h6-7H,4-5H2,1-3H3. The average Bonchev–Trinajstić information content (AvgIpc) is 2.44. The Hall–Kier alpha value is -2.44. The molecule has 20 heavy (non-hydrogen) atoms. The molecule has 7 heteroatoms. The van der Waals surface area contributed by atoms with Crippen LogP contribution in [0, 0.1) is 6.92 Å². The van der Waals surface area contributed by atoms with Crippen LogP contribution in [0.5, 0.6) is 0 Å². The molecule has 0 bridgehead atoms. The van der Waals surface area contributed by atoms with E-state index >= 15 is 0 Å². The molecule has 2 rings (SSSR count). The van der Waals surface area contributed by atoms with Crippen molar-refractivity contribution < 1.29 is 9.53 Å². The second-order valence-electron chi connectivity index (χ2n) is 4.47. The molecule has 0 aromatic carbocycles. The highest BCUT2D eigenvalue weighted by Gasteiger charge is 2.12. The van der Waals surface area contributed by atoms with Gasteiger partial charge in [-0.2, -0.15) is 0 Å². The zero-order chi connectivity index (χ0) is 14.9.